The topological polar surface area (TPSA) is 41.1 Å². The van der Waals surface area contributed by atoms with E-state index in [0.29, 0.717) is 12.3 Å². The van der Waals surface area contributed by atoms with Crippen molar-refractivity contribution in [3.8, 4) is 0 Å². The molecule has 1 atom stereocenters. The van der Waals surface area contributed by atoms with Crippen LogP contribution in [0.25, 0.3) is 0 Å². The first-order chi connectivity index (χ1) is 8.03. The average Bonchev–Trinajstić information content (AvgIpc) is 2.28. The summed E-state index contributed by atoms with van der Waals surface area (Å²) in [6.45, 7) is 9.56. The number of piperidine rings is 1. The van der Waals surface area contributed by atoms with Crippen LogP contribution in [0.3, 0.4) is 0 Å². The largest absolute Gasteiger partial charge is 0.356 e. The number of nitrogens with one attached hydrogen (secondary N) is 2. The molecule has 1 aliphatic heterocycles. The van der Waals surface area contributed by atoms with E-state index in [1.807, 2.05) is 0 Å². The Balaban J connectivity index is 2.20. The number of rotatable bonds is 6. The van der Waals surface area contributed by atoms with E-state index in [9.17, 15) is 4.79 Å². The predicted molar refractivity (Wildman–Crippen MR) is 71.9 cm³/mol. The molecule has 0 aromatic rings. The summed E-state index contributed by atoms with van der Waals surface area (Å²) >= 11 is 0. The Hall–Kier alpha value is -0.570. The van der Waals surface area contributed by atoms with E-state index in [1.54, 1.807) is 0 Å². The molecule has 3 nitrogen and oxygen atoms in total. The maximum absolute atomic E-state index is 11.8. The molecule has 0 bridgehead atoms. The van der Waals surface area contributed by atoms with Gasteiger partial charge in [-0.15, -0.1) is 0 Å². The van der Waals surface area contributed by atoms with Crippen LogP contribution in [0.5, 0.6) is 0 Å². The highest BCUT2D eigenvalue weighted by molar-refractivity contribution is 5.76. The number of hydrogen-bond acceptors (Lipinski definition) is 2. The van der Waals surface area contributed by atoms with Crippen molar-refractivity contribution in [2.75, 3.05) is 19.6 Å². The van der Waals surface area contributed by atoms with Gasteiger partial charge in [0, 0.05) is 13.0 Å². The minimum absolute atomic E-state index is 0.225. The Morgan fingerprint density at radius 1 is 1.47 bits per heavy atom. The molecule has 1 saturated heterocycles. The summed E-state index contributed by atoms with van der Waals surface area (Å²) in [5.74, 6) is 0.765. The van der Waals surface area contributed by atoms with Crippen LogP contribution in [-0.4, -0.2) is 25.5 Å². The zero-order valence-electron chi connectivity index (χ0n) is 11.6. The number of hydrogen-bond donors (Lipinski definition) is 2. The second-order valence-corrected chi connectivity index (χ2v) is 6.11. The molecule has 1 unspecified atom stereocenters. The predicted octanol–water partition coefficient (Wildman–Crippen LogP) is 2.32. The van der Waals surface area contributed by atoms with Gasteiger partial charge in [-0.2, -0.15) is 0 Å². The van der Waals surface area contributed by atoms with E-state index >= 15 is 0 Å². The lowest BCUT2D eigenvalue weighted by molar-refractivity contribution is -0.122. The zero-order valence-corrected chi connectivity index (χ0v) is 11.6. The van der Waals surface area contributed by atoms with Crippen LogP contribution in [0.15, 0.2) is 0 Å². The van der Waals surface area contributed by atoms with Crippen molar-refractivity contribution in [1.82, 2.24) is 10.6 Å². The van der Waals surface area contributed by atoms with Gasteiger partial charge in [-0.25, -0.2) is 0 Å². The molecule has 0 aromatic carbocycles. The highest BCUT2D eigenvalue weighted by atomic mass is 16.1. The van der Waals surface area contributed by atoms with E-state index in [0.717, 1.165) is 26.1 Å². The van der Waals surface area contributed by atoms with Crippen LogP contribution in [0.1, 0.15) is 52.9 Å². The lowest BCUT2D eigenvalue weighted by atomic mass is 9.88. The quantitative estimate of drug-likeness (QED) is 0.748. The normalized spacial score (nSPS) is 21.2. The average molecular weight is 240 g/mol. The Morgan fingerprint density at radius 3 is 2.82 bits per heavy atom. The second kappa shape index (κ2) is 7.00. The second-order valence-electron chi connectivity index (χ2n) is 6.11. The van der Waals surface area contributed by atoms with Gasteiger partial charge < -0.3 is 10.6 Å². The molecule has 1 rings (SSSR count). The van der Waals surface area contributed by atoms with Gasteiger partial charge in [0.15, 0.2) is 0 Å². The van der Waals surface area contributed by atoms with Gasteiger partial charge in [0.1, 0.15) is 0 Å². The van der Waals surface area contributed by atoms with E-state index in [-0.39, 0.29) is 11.3 Å². The summed E-state index contributed by atoms with van der Waals surface area (Å²) in [6.07, 6.45) is 5.43. The van der Waals surface area contributed by atoms with E-state index in [2.05, 4.69) is 31.4 Å². The maximum Gasteiger partial charge on any atom is 0.220 e. The summed E-state index contributed by atoms with van der Waals surface area (Å²) in [5, 5.41) is 6.44. The Morgan fingerprint density at radius 2 is 2.24 bits per heavy atom. The summed E-state index contributed by atoms with van der Waals surface area (Å²) in [7, 11) is 0. The number of carbonyl (C=O) groups excluding carboxylic acids is 1. The summed E-state index contributed by atoms with van der Waals surface area (Å²) in [4.78, 5) is 11.8. The molecule has 1 fully saturated rings. The van der Waals surface area contributed by atoms with Gasteiger partial charge >= 0.3 is 0 Å². The lowest BCUT2D eigenvalue weighted by Crippen LogP contribution is -2.37. The van der Waals surface area contributed by atoms with Gasteiger partial charge in [-0.1, -0.05) is 27.2 Å². The maximum atomic E-state index is 11.8. The van der Waals surface area contributed by atoms with Crippen LogP contribution >= 0.6 is 0 Å². The van der Waals surface area contributed by atoms with Gasteiger partial charge in [0.05, 0.1) is 0 Å². The molecule has 0 spiro atoms. The molecule has 2 N–H and O–H groups in total. The fourth-order valence-electron chi connectivity index (χ4n) is 2.54. The number of carbonyl (C=O) groups is 1. The first kappa shape index (κ1) is 14.5. The lowest BCUT2D eigenvalue weighted by Gasteiger charge is -2.26. The molecular weight excluding hydrogens is 212 g/mol. The highest BCUT2D eigenvalue weighted by Gasteiger charge is 2.20. The minimum atomic E-state index is 0.225. The van der Waals surface area contributed by atoms with E-state index in [1.165, 1.54) is 19.3 Å². The monoisotopic (exact) mass is 240 g/mol. The van der Waals surface area contributed by atoms with Crippen LogP contribution < -0.4 is 10.6 Å². The molecule has 0 aliphatic carbocycles. The molecule has 1 aliphatic rings. The van der Waals surface area contributed by atoms with Gasteiger partial charge in [-0.3, -0.25) is 4.79 Å². The van der Waals surface area contributed by atoms with Gasteiger partial charge in [0.25, 0.3) is 0 Å². The highest BCUT2D eigenvalue weighted by Crippen LogP contribution is 2.21. The third kappa shape index (κ3) is 6.06. The molecule has 0 radical (unpaired) electrons. The summed E-state index contributed by atoms with van der Waals surface area (Å²) < 4.78 is 0. The van der Waals surface area contributed by atoms with Gasteiger partial charge in [0.2, 0.25) is 5.91 Å². The van der Waals surface area contributed by atoms with Crippen molar-refractivity contribution < 1.29 is 4.79 Å². The van der Waals surface area contributed by atoms with Crippen molar-refractivity contribution in [3.05, 3.63) is 0 Å². The van der Waals surface area contributed by atoms with Crippen molar-refractivity contribution >= 4 is 5.91 Å². The fourth-order valence-corrected chi connectivity index (χ4v) is 2.54. The van der Waals surface area contributed by atoms with Crippen molar-refractivity contribution in [3.63, 3.8) is 0 Å². The molecule has 100 valence electrons. The van der Waals surface area contributed by atoms with Crippen molar-refractivity contribution in [2.24, 2.45) is 11.3 Å². The first-order valence-corrected chi connectivity index (χ1v) is 7.01. The van der Waals surface area contributed by atoms with E-state index < -0.39 is 0 Å². The fraction of sp³-hybridized carbons (Fsp3) is 0.929. The third-order valence-electron chi connectivity index (χ3n) is 3.56. The summed E-state index contributed by atoms with van der Waals surface area (Å²) in [5.41, 5.74) is 0.231. The standard InChI is InChI=1S/C14H28N2O/c1-4-7-14(2,3)11-16-13(17)9-12-6-5-8-15-10-12/h12,15H,4-11H2,1-3H3,(H,16,17). The Kier molecular flexibility index (Phi) is 5.96. The zero-order chi connectivity index (χ0) is 12.7. The summed E-state index contributed by atoms with van der Waals surface area (Å²) in [6, 6.07) is 0. The molecular formula is C14H28N2O. The smallest absolute Gasteiger partial charge is 0.220 e. The molecule has 1 heterocycles. The first-order valence-electron chi connectivity index (χ1n) is 7.01. The Bertz CT molecular complexity index is 232. The van der Waals surface area contributed by atoms with Crippen LogP contribution in [0.2, 0.25) is 0 Å². The molecule has 0 aromatic heterocycles. The minimum Gasteiger partial charge on any atom is -0.356 e. The molecule has 3 heteroatoms. The molecule has 1 amide bonds. The Labute approximate surface area is 106 Å². The number of amides is 1. The van der Waals surface area contributed by atoms with Crippen LogP contribution in [-0.2, 0) is 4.79 Å². The van der Waals surface area contributed by atoms with Crippen molar-refractivity contribution in [2.45, 2.75) is 52.9 Å². The van der Waals surface area contributed by atoms with E-state index in [4.69, 9.17) is 0 Å². The SMILES string of the molecule is CCCC(C)(C)CNC(=O)CC1CCCNC1. The van der Waals surface area contributed by atoms with Gasteiger partial charge in [-0.05, 0) is 43.7 Å². The van der Waals surface area contributed by atoms with Crippen LogP contribution in [0, 0.1) is 11.3 Å². The third-order valence-corrected chi connectivity index (χ3v) is 3.56. The van der Waals surface area contributed by atoms with Crippen molar-refractivity contribution in [1.29, 1.82) is 0 Å². The molecule has 0 saturated carbocycles. The molecule has 17 heavy (non-hydrogen) atoms. The van der Waals surface area contributed by atoms with Crippen LogP contribution in [0.4, 0.5) is 0 Å².